The number of rotatable bonds is 3. The number of aromatic nitrogens is 1. The predicted molar refractivity (Wildman–Crippen MR) is 55.0 cm³/mol. The molecule has 1 aromatic heterocycles. The summed E-state index contributed by atoms with van der Waals surface area (Å²) in [6, 6.07) is 0. The zero-order valence-electron chi connectivity index (χ0n) is 8.35. The van der Waals surface area contributed by atoms with Gasteiger partial charge < -0.3 is 10.3 Å². The van der Waals surface area contributed by atoms with Crippen molar-refractivity contribution in [2.45, 2.75) is 24.5 Å². The van der Waals surface area contributed by atoms with E-state index >= 15 is 0 Å². The van der Waals surface area contributed by atoms with Crippen LogP contribution in [0.3, 0.4) is 0 Å². The van der Waals surface area contributed by atoms with Crippen molar-refractivity contribution in [3.05, 3.63) is 17.5 Å². The first-order valence-corrected chi connectivity index (χ1v) is 6.72. The van der Waals surface area contributed by atoms with E-state index < -0.39 is 15.1 Å². The zero-order chi connectivity index (χ0) is 10.9. The van der Waals surface area contributed by atoms with Crippen LogP contribution in [-0.4, -0.2) is 25.9 Å². The lowest BCUT2D eigenvalue weighted by molar-refractivity contribution is 0.375. The third-order valence-electron chi connectivity index (χ3n) is 2.71. The molecule has 0 amide bonds. The van der Waals surface area contributed by atoms with Gasteiger partial charge in [0, 0.05) is 5.56 Å². The van der Waals surface area contributed by atoms with Crippen LogP contribution in [0.5, 0.6) is 0 Å². The largest absolute Gasteiger partial charge is 0.360 e. The minimum absolute atomic E-state index is 0.250. The van der Waals surface area contributed by atoms with Crippen molar-refractivity contribution >= 4 is 9.84 Å². The van der Waals surface area contributed by atoms with Gasteiger partial charge in [0.2, 0.25) is 0 Å². The van der Waals surface area contributed by atoms with Crippen LogP contribution < -0.4 is 5.73 Å². The smallest absolute Gasteiger partial charge is 0.160 e. The summed E-state index contributed by atoms with van der Waals surface area (Å²) in [4.78, 5) is 0. The second kappa shape index (κ2) is 3.94. The highest BCUT2D eigenvalue weighted by molar-refractivity contribution is 7.91. The lowest BCUT2D eigenvalue weighted by atomic mass is 10.1. The Morgan fingerprint density at radius 3 is 3.00 bits per heavy atom. The number of sulfone groups is 1. The molecule has 84 valence electrons. The van der Waals surface area contributed by atoms with Crippen molar-refractivity contribution in [3.63, 3.8) is 0 Å². The molecule has 1 aliphatic rings. The highest BCUT2D eigenvalue weighted by atomic mass is 32.2. The summed E-state index contributed by atoms with van der Waals surface area (Å²) in [7, 11) is -3.03. The van der Waals surface area contributed by atoms with Gasteiger partial charge in [0.1, 0.15) is 5.25 Å². The van der Waals surface area contributed by atoms with Crippen molar-refractivity contribution in [3.8, 4) is 0 Å². The van der Waals surface area contributed by atoms with E-state index in [1.54, 1.807) is 6.20 Å². The fourth-order valence-corrected chi connectivity index (χ4v) is 3.86. The topological polar surface area (TPSA) is 86.2 Å². The van der Waals surface area contributed by atoms with E-state index in [2.05, 4.69) is 5.16 Å². The Hall–Kier alpha value is -0.880. The number of hydrogen-bond acceptors (Lipinski definition) is 5. The lowest BCUT2D eigenvalue weighted by Crippen LogP contribution is -2.10. The molecule has 5 nitrogen and oxygen atoms in total. The minimum atomic E-state index is -3.03. The molecule has 1 fully saturated rings. The van der Waals surface area contributed by atoms with E-state index in [1.807, 2.05) is 0 Å². The average Bonchev–Trinajstić information content (AvgIpc) is 2.72. The van der Waals surface area contributed by atoms with Gasteiger partial charge in [0.25, 0.3) is 0 Å². The van der Waals surface area contributed by atoms with Crippen molar-refractivity contribution in [2.75, 3.05) is 12.3 Å². The van der Waals surface area contributed by atoms with Gasteiger partial charge in [-0.25, -0.2) is 8.42 Å². The molecule has 2 rings (SSSR count). The molecule has 0 spiro atoms. The van der Waals surface area contributed by atoms with Crippen molar-refractivity contribution < 1.29 is 12.9 Å². The van der Waals surface area contributed by atoms with Gasteiger partial charge in [0.15, 0.2) is 15.6 Å². The summed E-state index contributed by atoms with van der Waals surface area (Å²) in [6.07, 6.45) is 3.52. The SMILES string of the molecule is NCCc1cnoc1C1CCCS1(=O)=O. The van der Waals surface area contributed by atoms with E-state index in [9.17, 15) is 8.42 Å². The maximum absolute atomic E-state index is 11.7. The molecule has 1 saturated heterocycles. The summed E-state index contributed by atoms with van der Waals surface area (Å²) >= 11 is 0. The first-order valence-electron chi connectivity index (χ1n) is 5.00. The predicted octanol–water partition coefficient (Wildman–Crippen LogP) is 0.425. The quantitative estimate of drug-likeness (QED) is 0.813. The molecule has 1 aliphatic heterocycles. The molecule has 2 N–H and O–H groups in total. The molecule has 0 aliphatic carbocycles. The zero-order valence-corrected chi connectivity index (χ0v) is 9.16. The van der Waals surface area contributed by atoms with Crippen molar-refractivity contribution in [1.82, 2.24) is 5.16 Å². The standard InChI is InChI=1S/C9H14N2O3S/c10-4-3-7-6-11-14-9(7)8-2-1-5-15(8,12)13/h6,8H,1-5,10H2. The van der Waals surface area contributed by atoms with Crippen molar-refractivity contribution in [1.29, 1.82) is 0 Å². The van der Waals surface area contributed by atoms with E-state index in [0.717, 1.165) is 5.56 Å². The molecule has 1 unspecified atom stereocenters. The number of hydrogen-bond donors (Lipinski definition) is 1. The Labute approximate surface area is 88.5 Å². The Bertz CT molecular complexity index is 438. The second-order valence-corrected chi connectivity index (χ2v) is 6.05. The Balaban J connectivity index is 2.33. The Morgan fingerprint density at radius 2 is 2.40 bits per heavy atom. The number of nitrogens with zero attached hydrogens (tertiary/aromatic N) is 1. The number of nitrogens with two attached hydrogens (primary N) is 1. The molecule has 15 heavy (non-hydrogen) atoms. The Kier molecular flexibility index (Phi) is 2.79. The summed E-state index contributed by atoms with van der Waals surface area (Å²) < 4.78 is 28.4. The van der Waals surface area contributed by atoms with Gasteiger partial charge in [0.05, 0.1) is 11.9 Å². The fourth-order valence-electron chi connectivity index (χ4n) is 1.96. The third-order valence-corrected chi connectivity index (χ3v) is 4.89. The molecule has 1 atom stereocenters. The molecular weight excluding hydrogens is 216 g/mol. The lowest BCUT2D eigenvalue weighted by Gasteiger charge is -2.06. The van der Waals surface area contributed by atoms with Crippen LogP contribution >= 0.6 is 0 Å². The third kappa shape index (κ3) is 1.91. The summed E-state index contributed by atoms with van der Waals surface area (Å²) in [5, 5.41) is 3.16. The first kappa shape index (κ1) is 10.6. The Morgan fingerprint density at radius 1 is 1.60 bits per heavy atom. The minimum Gasteiger partial charge on any atom is -0.360 e. The van der Waals surface area contributed by atoms with E-state index in [1.165, 1.54) is 0 Å². The molecule has 0 bridgehead atoms. The molecule has 2 heterocycles. The van der Waals surface area contributed by atoms with Gasteiger partial charge in [-0.1, -0.05) is 5.16 Å². The molecule has 1 aromatic rings. The summed E-state index contributed by atoms with van der Waals surface area (Å²) in [5.41, 5.74) is 6.26. The summed E-state index contributed by atoms with van der Waals surface area (Å²) in [5.74, 6) is 0.749. The monoisotopic (exact) mass is 230 g/mol. The highest BCUT2D eigenvalue weighted by Crippen LogP contribution is 2.36. The fraction of sp³-hybridized carbons (Fsp3) is 0.667. The normalized spacial score (nSPS) is 24.5. The van der Waals surface area contributed by atoms with Gasteiger partial charge in [-0.3, -0.25) is 0 Å². The maximum atomic E-state index is 11.7. The highest BCUT2D eigenvalue weighted by Gasteiger charge is 2.36. The van der Waals surface area contributed by atoms with Crippen LogP contribution in [0.2, 0.25) is 0 Å². The van der Waals surface area contributed by atoms with Crippen LogP contribution in [0.25, 0.3) is 0 Å². The molecule has 0 saturated carbocycles. The first-order chi connectivity index (χ1) is 7.15. The molecule has 0 radical (unpaired) electrons. The van der Waals surface area contributed by atoms with Gasteiger partial charge in [-0.15, -0.1) is 0 Å². The van der Waals surface area contributed by atoms with Crippen LogP contribution in [-0.2, 0) is 16.3 Å². The maximum Gasteiger partial charge on any atom is 0.160 e. The van der Waals surface area contributed by atoms with E-state index in [4.69, 9.17) is 10.3 Å². The second-order valence-electron chi connectivity index (χ2n) is 3.75. The van der Waals surface area contributed by atoms with Gasteiger partial charge in [-0.2, -0.15) is 0 Å². The van der Waals surface area contributed by atoms with E-state index in [-0.39, 0.29) is 5.75 Å². The van der Waals surface area contributed by atoms with Gasteiger partial charge >= 0.3 is 0 Å². The van der Waals surface area contributed by atoms with Crippen molar-refractivity contribution in [2.24, 2.45) is 5.73 Å². The van der Waals surface area contributed by atoms with Crippen LogP contribution in [0.15, 0.2) is 10.7 Å². The summed E-state index contributed by atoms with van der Waals surface area (Å²) in [6.45, 7) is 0.473. The van der Waals surface area contributed by atoms with Gasteiger partial charge in [-0.05, 0) is 25.8 Å². The molecule has 0 aromatic carbocycles. The van der Waals surface area contributed by atoms with Crippen LogP contribution in [0.1, 0.15) is 29.4 Å². The van der Waals surface area contributed by atoms with Crippen LogP contribution in [0, 0.1) is 0 Å². The van der Waals surface area contributed by atoms with Crippen LogP contribution in [0.4, 0.5) is 0 Å². The molecular formula is C9H14N2O3S. The molecule has 6 heteroatoms. The van der Waals surface area contributed by atoms with E-state index in [0.29, 0.717) is 31.6 Å². The average molecular weight is 230 g/mol.